The van der Waals surface area contributed by atoms with Gasteiger partial charge in [0.2, 0.25) is 6.79 Å². The molecule has 0 spiro atoms. The fourth-order valence-corrected chi connectivity index (χ4v) is 3.16. The molecule has 2 aromatic carbocycles. The highest BCUT2D eigenvalue weighted by atomic mass is 16.7. The minimum atomic E-state index is -0.103. The molecule has 0 atom stereocenters. The van der Waals surface area contributed by atoms with E-state index in [-0.39, 0.29) is 12.7 Å². The van der Waals surface area contributed by atoms with Crippen molar-refractivity contribution in [3.05, 3.63) is 53.6 Å². The molecule has 2 aromatic rings. The normalized spacial score (nSPS) is 15.8. The number of anilines is 1. The fraction of sp³-hybridized carbons (Fsp3) is 0.350. The van der Waals surface area contributed by atoms with Gasteiger partial charge < -0.3 is 24.4 Å². The molecule has 0 aromatic heterocycles. The number of carbonyl (C=O) groups excluding carboxylic acids is 1. The Morgan fingerprint density at radius 3 is 2.58 bits per heavy atom. The molecular weight excluding hydrogens is 332 g/mol. The Morgan fingerprint density at radius 1 is 1.00 bits per heavy atom. The van der Waals surface area contributed by atoms with Gasteiger partial charge in [-0.2, -0.15) is 0 Å². The number of benzene rings is 2. The number of hydrogen-bond donors (Lipinski definition) is 1. The van der Waals surface area contributed by atoms with Crippen molar-refractivity contribution in [2.24, 2.45) is 0 Å². The minimum Gasteiger partial charge on any atom is -0.454 e. The van der Waals surface area contributed by atoms with Crippen LogP contribution < -0.4 is 19.7 Å². The topological polar surface area (TPSA) is 60.0 Å². The Hall–Kier alpha value is -2.73. The van der Waals surface area contributed by atoms with Gasteiger partial charge in [0.15, 0.2) is 11.5 Å². The van der Waals surface area contributed by atoms with Crippen LogP contribution in [0.3, 0.4) is 0 Å². The van der Waals surface area contributed by atoms with Gasteiger partial charge in [0.1, 0.15) is 0 Å². The maximum absolute atomic E-state index is 12.3. The summed E-state index contributed by atoms with van der Waals surface area (Å²) < 4.78 is 16.0. The summed E-state index contributed by atoms with van der Waals surface area (Å²) in [5.74, 6) is 1.20. The van der Waals surface area contributed by atoms with Crippen LogP contribution in [0.1, 0.15) is 15.9 Å². The van der Waals surface area contributed by atoms with Crippen molar-refractivity contribution in [2.45, 2.75) is 6.42 Å². The van der Waals surface area contributed by atoms with Crippen molar-refractivity contribution in [1.82, 2.24) is 5.32 Å². The van der Waals surface area contributed by atoms with Crippen LogP contribution in [0.2, 0.25) is 0 Å². The molecule has 1 fully saturated rings. The van der Waals surface area contributed by atoms with E-state index in [0.29, 0.717) is 23.6 Å². The van der Waals surface area contributed by atoms with Crippen LogP contribution in [-0.4, -0.2) is 45.5 Å². The summed E-state index contributed by atoms with van der Waals surface area (Å²) in [5.41, 5.74) is 3.01. The van der Waals surface area contributed by atoms with Gasteiger partial charge in [-0.25, -0.2) is 0 Å². The van der Waals surface area contributed by atoms with Crippen LogP contribution in [0.5, 0.6) is 11.5 Å². The van der Waals surface area contributed by atoms with E-state index in [1.54, 1.807) is 18.2 Å². The second-order valence-corrected chi connectivity index (χ2v) is 6.34. The summed E-state index contributed by atoms with van der Waals surface area (Å²) in [6.45, 7) is 4.24. The summed E-state index contributed by atoms with van der Waals surface area (Å²) in [4.78, 5) is 14.6. The number of carbonyl (C=O) groups is 1. The van der Waals surface area contributed by atoms with E-state index < -0.39 is 0 Å². The third-order valence-electron chi connectivity index (χ3n) is 4.65. The fourth-order valence-electron chi connectivity index (χ4n) is 3.16. The number of hydrogen-bond acceptors (Lipinski definition) is 5. The first-order valence-corrected chi connectivity index (χ1v) is 8.89. The van der Waals surface area contributed by atoms with Crippen LogP contribution in [0.4, 0.5) is 5.69 Å². The smallest absolute Gasteiger partial charge is 0.251 e. The molecule has 4 rings (SSSR count). The highest BCUT2D eigenvalue weighted by molar-refractivity contribution is 5.94. The lowest BCUT2D eigenvalue weighted by atomic mass is 10.1. The number of rotatable bonds is 5. The zero-order valence-electron chi connectivity index (χ0n) is 14.6. The van der Waals surface area contributed by atoms with Crippen LogP contribution in [0, 0.1) is 0 Å². The van der Waals surface area contributed by atoms with Crippen LogP contribution in [-0.2, 0) is 11.2 Å². The number of morpholine rings is 1. The van der Waals surface area contributed by atoms with Gasteiger partial charge in [-0.15, -0.1) is 0 Å². The van der Waals surface area contributed by atoms with E-state index in [4.69, 9.17) is 14.2 Å². The highest BCUT2D eigenvalue weighted by Crippen LogP contribution is 2.32. The maximum atomic E-state index is 12.3. The molecule has 0 aliphatic carbocycles. The summed E-state index contributed by atoms with van der Waals surface area (Å²) in [6, 6.07) is 13.8. The first-order valence-electron chi connectivity index (χ1n) is 8.89. The first-order chi connectivity index (χ1) is 12.8. The third-order valence-corrected chi connectivity index (χ3v) is 4.65. The quantitative estimate of drug-likeness (QED) is 0.892. The van der Waals surface area contributed by atoms with Gasteiger partial charge >= 0.3 is 0 Å². The summed E-state index contributed by atoms with van der Waals surface area (Å²) in [5, 5.41) is 2.95. The maximum Gasteiger partial charge on any atom is 0.251 e. The largest absolute Gasteiger partial charge is 0.454 e. The molecule has 26 heavy (non-hydrogen) atoms. The molecule has 0 bridgehead atoms. The zero-order chi connectivity index (χ0) is 17.8. The highest BCUT2D eigenvalue weighted by Gasteiger charge is 2.16. The average molecular weight is 354 g/mol. The van der Waals surface area contributed by atoms with E-state index >= 15 is 0 Å². The van der Waals surface area contributed by atoms with Crippen LogP contribution in [0.25, 0.3) is 0 Å². The van der Waals surface area contributed by atoms with Crippen molar-refractivity contribution in [2.75, 3.05) is 44.5 Å². The molecule has 1 N–H and O–H groups in total. The number of nitrogens with zero attached hydrogens (tertiary/aromatic N) is 1. The van der Waals surface area contributed by atoms with Gasteiger partial charge in [0.25, 0.3) is 5.91 Å². The second kappa shape index (κ2) is 7.66. The number of amides is 1. The monoisotopic (exact) mass is 354 g/mol. The van der Waals surface area contributed by atoms with E-state index in [9.17, 15) is 4.79 Å². The van der Waals surface area contributed by atoms with Crippen molar-refractivity contribution in [3.63, 3.8) is 0 Å². The van der Waals surface area contributed by atoms with Gasteiger partial charge in [0, 0.05) is 30.9 Å². The summed E-state index contributed by atoms with van der Waals surface area (Å²) in [6.07, 6.45) is 0.791. The minimum absolute atomic E-state index is 0.103. The Kier molecular flexibility index (Phi) is 4.93. The first kappa shape index (κ1) is 16.7. The standard InChI is InChI=1S/C20H22N2O4/c23-20(16-3-6-18-19(13-16)26-14-25-18)21-8-7-15-1-4-17(5-2-15)22-9-11-24-12-10-22/h1-6,13H,7-12,14H2,(H,21,23). The Morgan fingerprint density at radius 2 is 1.77 bits per heavy atom. The van der Waals surface area contributed by atoms with Crippen molar-refractivity contribution in [1.29, 1.82) is 0 Å². The van der Waals surface area contributed by atoms with E-state index in [0.717, 1.165) is 32.7 Å². The SMILES string of the molecule is O=C(NCCc1ccc(N2CCOCC2)cc1)c1ccc2c(c1)OCO2. The molecular formula is C20H22N2O4. The molecule has 0 saturated carbocycles. The second-order valence-electron chi connectivity index (χ2n) is 6.34. The molecule has 2 aliphatic heterocycles. The van der Waals surface area contributed by atoms with Crippen LogP contribution in [0.15, 0.2) is 42.5 Å². The number of fused-ring (bicyclic) bond motifs is 1. The van der Waals surface area contributed by atoms with Gasteiger partial charge in [-0.1, -0.05) is 12.1 Å². The molecule has 1 saturated heterocycles. The van der Waals surface area contributed by atoms with Gasteiger partial charge in [-0.3, -0.25) is 4.79 Å². The molecule has 6 heteroatoms. The molecule has 6 nitrogen and oxygen atoms in total. The molecule has 2 heterocycles. The number of nitrogens with one attached hydrogen (secondary N) is 1. The van der Waals surface area contributed by atoms with Crippen molar-refractivity contribution < 1.29 is 19.0 Å². The van der Waals surface area contributed by atoms with E-state index in [1.165, 1.54) is 11.3 Å². The lowest BCUT2D eigenvalue weighted by Gasteiger charge is -2.28. The van der Waals surface area contributed by atoms with Gasteiger partial charge in [-0.05, 0) is 42.3 Å². The third kappa shape index (κ3) is 3.75. The number of ether oxygens (including phenoxy) is 3. The van der Waals surface area contributed by atoms with Crippen molar-refractivity contribution in [3.8, 4) is 11.5 Å². The predicted molar refractivity (Wildman–Crippen MR) is 98.1 cm³/mol. The Bertz CT molecular complexity index is 770. The van der Waals surface area contributed by atoms with Crippen molar-refractivity contribution >= 4 is 11.6 Å². The zero-order valence-corrected chi connectivity index (χ0v) is 14.6. The molecule has 1 amide bonds. The predicted octanol–water partition coefficient (Wildman–Crippen LogP) is 2.22. The molecule has 136 valence electrons. The van der Waals surface area contributed by atoms with Gasteiger partial charge in [0.05, 0.1) is 13.2 Å². The lowest BCUT2D eigenvalue weighted by Crippen LogP contribution is -2.36. The van der Waals surface area contributed by atoms with E-state index in [2.05, 4.69) is 34.5 Å². The molecule has 0 radical (unpaired) electrons. The Labute approximate surface area is 152 Å². The summed E-state index contributed by atoms with van der Waals surface area (Å²) >= 11 is 0. The van der Waals surface area contributed by atoms with E-state index in [1.807, 2.05) is 0 Å². The average Bonchev–Trinajstić information content (AvgIpc) is 3.17. The Balaban J connectivity index is 1.28. The lowest BCUT2D eigenvalue weighted by molar-refractivity contribution is 0.0953. The molecule has 0 unspecified atom stereocenters. The van der Waals surface area contributed by atoms with Crippen LogP contribution >= 0.6 is 0 Å². The molecule has 2 aliphatic rings. The summed E-state index contributed by atoms with van der Waals surface area (Å²) in [7, 11) is 0.